The molecule has 2 aliphatic carbocycles. The van der Waals surface area contributed by atoms with Crippen LogP contribution in [0.3, 0.4) is 0 Å². The molecule has 0 bridgehead atoms. The Morgan fingerprint density at radius 1 is 1.06 bits per heavy atom. The number of unbranched alkanes of at least 4 members (excludes halogenated alkanes) is 2. The lowest BCUT2D eigenvalue weighted by Gasteiger charge is -2.60. The van der Waals surface area contributed by atoms with Gasteiger partial charge in [-0.1, -0.05) is 49.7 Å². The van der Waals surface area contributed by atoms with E-state index in [-0.39, 0.29) is 70.0 Å². The molecule has 3 aliphatic rings. The molecule has 4 rings (SSSR count). The Morgan fingerprint density at radius 3 is 2.46 bits per heavy atom. The van der Waals surface area contributed by atoms with Gasteiger partial charge in [0.2, 0.25) is 5.79 Å². The predicted molar refractivity (Wildman–Crippen MR) is 210 cm³/mol. The lowest BCUT2D eigenvalue weighted by Crippen LogP contribution is -2.71. The van der Waals surface area contributed by atoms with Crippen molar-refractivity contribution >= 4 is 11.7 Å². The van der Waals surface area contributed by atoms with E-state index in [0.29, 0.717) is 50.3 Å². The maximum atomic E-state index is 14.3. The maximum absolute atomic E-state index is 14.3. The van der Waals surface area contributed by atoms with Crippen molar-refractivity contribution in [3.8, 4) is 11.5 Å². The van der Waals surface area contributed by atoms with Crippen molar-refractivity contribution < 1.29 is 43.9 Å². The lowest BCUT2D eigenvalue weighted by atomic mass is 9.55. The Bertz CT molecular complexity index is 1430. The zero-order chi connectivity index (χ0) is 39.1. The highest BCUT2D eigenvalue weighted by Gasteiger charge is 2.65. The number of urea groups is 1. The number of ether oxygens (including phenoxy) is 4. The van der Waals surface area contributed by atoms with Gasteiger partial charge in [0.15, 0.2) is 0 Å². The lowest BCUT2D eigenvalue weighted by molar-refractivity contribution is -0.254. The smallest absolute Gasteiger partial charge is 0.317 e. The number of allylic oxidation sites excluding steroid dienone is 1. The fraction of sp³-hybridized carbons (Fsp3) is 0.667. The van der Waals surface area contributed by atoms with Crippen LogP contribution in [0.2, 0.25) is 0 Å². The minimum absolute atomic E-state index is 0.0950. The molecule has 1 heterocycles. The summed E-state index contributed by atoms with van der Waals surface area (Å²) in [6.07, 6.45) is 11.5. The number of hydrogen-bond acceptors (Lipinski definition) is 10. The number of aliphatic hydroxyl groups excluding tert-OH is 3. The first-order valence-electron chi connectivity index (χ1n) is 19.8. The molecule has 0 spiro atoms. The molecule has 6 atom stereocenters. The molecular weight excluding hydrogens is 690 g/mol. The van der Waals surface area contributed by atoms with Crippen molar-refractivity contribution in [1.29, 1.82) is 0 Å². The zero-order valence-corrected chi connectivity index (χ0v) is 33.0. The van der Waals surface area contributed by atoms with Gasteiger partial charge in [-0.2, -0.15) is 0 Å². The Kier molecular flexibility index (Phi) is 16.9. The van der Waals surface area contributed by atoms with Crippen molar-refractivity contribution in [3.63, 3.8) is 0 Å². The monoisotopic (exact) mass is 755 g/mol. The molecule has 1 saturated carbocycles. The van der Waals surface area contributed by atoms with Gasteiger partial charge in [0, 0.05) is 44.2 Å². The van der Waals surface area contributed by atoms with Gasteiger partial charge in [-0.3, -0.25) is 0 Å². The molecule has 1 aromatic rings. The van der Waals surface area contributed by atoms with E-state index in [1.807, 2.05) is 44.7 Å². The number of oxime groups is 1. The SMILES string of the molecule is C=CCOc1ccc2c(c1)C1C(CCCCO)C(CCCCO)C=C3C(=NOC(C)(C)C)CC(N(CCC)C(=O)NCCOCCO)C(OCC=C)(O2)C31. The van der Waals surface area contributed by atoms with Crippen LogP contribution in [0, 0.1) is 17.8 Å². The van der Waals surface area contributed by atoms with Crippen molar-refractivity contribution in [2.24, 2.45) is 22.9 Å². The summed E-state index contributed by atoms with van der Waals surface area (Å²) in [4.78, 5) is 22.3. The van der Waals surface area contributed by atoms with Crippen molar-refractivity contribution in [1.82, 2.24) is 10.2 Å². The van der Waals surface area contributed by atoms with Gasteiger partial charge in [-0.15, -0.1) is 6.58 Å². The Hall–Kier alpha value is -3.42. The van der Waals surface area contributed by atoms with Crippen molar-refractivity contribution in [2.45, 2.75) is 102 Å². The summed E-state index contributed by atoms with van der Waals surface area (Å²) in [5, 5.41) is 36.7. The van der Waals surface area contributed by atoms with Crippen LogP contribution in [-0.2, 0) is 14.3 Å². The van der Waals surface area contributed by atoms with Gasteiger partial charge < -0.3 is 49.3 Å². The summed E-state index contributed by atoms with van der Waals surface area (Å²) in [7, 11) is 0. The second-order valence-electron chi connectivity index (χ2n) is 15.3. The van der Waals surface area contributed by atoms with Crippen LogP contribution in [0.4, 0.5) is 4.79 Å². The second-order valence-corrected chi connectivity index (χ2v) is 15.3. The van der Waals surface area contributed by atoms with Gasteiger partial charge in [0.05, 0.1) is 38.1 Å². The number of amides is 2. The van der Waals surface area contributed by atoms with E-state index in [1.165, 1.54) is 0 Å². The number of carbonyl (C=O) groups excluding carboxylic acids is 1. The molecule has 1 aromatic carbocycles. The van der Waals surface area contributed by atoms with Crippen LogP contribution in [0.15, 0.2) is 60.3 Å². The molecule has 2 amide bonds. The second kappa shape index (κ2) is 21.0. The summed E-state index contributed by atoms with van der Waals surface area (Å²) in [5.41, 5.74) is 2.15. The first-order valence-corrected chi connectivity index (χ1v) is 19.8. The van der Waals surface area contributed by atoms with Gasteiger partial charge in [0.25, 0.3) is 0 Å². The van der Waals surface area contributed by atoms with E-state index in [4.69, 9.17) is 34.0 Å². The standard InChI is InChI=1S/C42H65N3O9/c1-7-19-45(40(49)43-18-25-50-26-22-48)37-29-35(44-54-41(4,5)6)33-27-30(14-10-12-20-46)32(15-11-13-21-47)38-34-28-31(51-23-8-2)16-17-36(34)53-42(37,39(33)38)52-24-9-3/h8-9,16-17,27-28,30,32,37-39,46-48H,2-3,7,10-15,18-26,29H2,1,4-6H3,(H,43,49). The fourth-order valence-corrected chi connectivity index (χ4v) is 8.22. The number of hydrogen-bond donors (Lipinski definition) is 4. The van der Waals surface area contributed by atoms with E-state index >= 15 is 0 Å². The van der Waals surface area contributed by atoms with Gasteiger partial charge in [0.1, 0.15) is 29.7 Å². The van der Waals surface area contributed by atoms with E-state index < -0.39 is 23.3 Å². The van der Waals surface area contributed by atoms with Crippen LogP contribution >= 0.6 is 0 Å². The third-order valence-electron chi connectivity index (χ3n) is 10.3. The van der Waals surface area contributed by atoms with Crippen LogP contribution in [0.25, 0.3) is 0 Å². The molecule has 54 heavy (non-hydrogen) atoms. The van der Waals surface area contributed by atoms with Crippen LogP contribution < -0.4 is 14.8 Å². The Morgan fingerprint density at radius 2 is 1.80 bits per heavy atom. The number of nitrogens with zero attached hydrogens (tertiary/aromatic N) is 2. The number of carbonyl (C=O) groups is 1. The number of rotatable bonds is 23. The van der Waals surface area contributed by atoms with E-state index in [1.54, 1.807) is 12.2 Å². The van der Waals surface area contributed by atoms with Gasteiger partial charge in [-0.05, 0) is 88.5 Å². The average Bonchev–Trinajstić information content (AvgIpc) is 3.15. The number of nitrogens with one attached hydrogen (secondary N) is 1. The third kappa shape index (κ3) is 10.7. The van der Waals surface area contributed by atoms with Crippen LogP contribution in [0.1, 0.15) is 90.5 Å². The number of fused-ring (bicyclic) bond motifs is 2. The number of aliphatic hydroxyl groups is 3. The highest BCUT2D eigenvalue weighted by Crippen LogP contribution is 2.62. The molecule has 12 nitrogen and oxygen atoms in total. The molecule has 4 N–H and O–H groups in total. The average molecular weight is 756 g/mol. The third-order valence-corrected chi connectivity index (χ3v) is 10.3. The summed E-state index contributed by atoms with van der Waals surface area (Å²) in [5.74, 6) is -0.302. The molecule has 1 aliphatic heterocycles. The normalized spacial score (nSPS) is 25.1. The first-order chi connectivity index (χ1) is 26.1. The summed E-state index contributed by atoms with van der Waals surface area (Å²) < 4.78 is 25.8. The predicted octanol–water partition coefficient (Wildman–Crippen LogP) is 6.11. The fourth-order valence-electron chi connectivity index (χ4n) is 8.22. The first kappa shape index (κ1) is 43.3. The zero-order valence-electron chi connectivity index (χ0n) is 33.0. The Labute approximate surface area is 322 Å². The maximum Gasteiger partial charge on any atom is 0.317 e. The topological polar surface area (TPSA) is 152 Å². The molecule has 0 aromatic heterocycles. The van der Waals surface area contributed by atoms with E-state index in [9.17, 15) is 15.0 Å². The highest BCUT2D eigenvalue weighted by atomic mass is 16.7. The minimum atomic E-state index is -1.34. The molecule has 0 saturated heterocycles. The van der Waals surface area contributed by atoms with Crippen molar-refractivity contribution in [3.05, 3.63) is 60.7 Å². The van der Waals surface area contributed by atoms with Gasteiger partial charge in [-0.25, -0.2) is 4.79 Å². The van der Waals surface area contributed by atoms with Crippen molar-refractivity contribution in [2.75, 3.05) is 59.3 Å². The molecule has 0 radical (unpaired) electrons. The molecule has 6 unspecified atom stereocenters. The van der Waals surface area contributed by atoms with E-state index in [2.05, 4.69) is 30.6 Å². The summed E-state index contributed by atoms with van der Waals surface area (Å²) in [6.45, 7) is 17.6. The minimum Gasteiger partial charge on any atom is -0.490 e. The largest absolute Gasteiger partial charge is 0.490 e. The molecule has 1 fully saturated rings. The molecular formula is C42H65N3O9. The summed E-state index contributed by atoms with van der Waals surface area (Å²) >= 11 is 0. The highest BCUT2D eigenvalue weighted by molar-refractivity contribution is 6.03. The molecule has 12 heteroatoms. The summed E-state index contributed by atoms with van der Waals surface area (Å²) in [6, 6.07) is 5.00. The molecule has 302 valence electrons. The Balaban J connectivity index is 2.00. The quantitative estimate of drug-likeness (QED) is 0.0589. The van der Waals surface area contributed by atoms with Crippen LogP contribution in [0.5, 0.6) is 11.5 Å². The number of benzene rings is 1. The van der Waals surface area contributed by atoms with Gasteiger partial charge >= 0.3 is 6.03 Å². The van der Waals surface area contributed by atoms with E-state index in [0.717, 1.165) is 42.5 Å². The van der Waals surface area contributed by atoms with Crippen LogP contribution in [-0.4, -0.2) is 109 Å².